The maximum atomic E-state index is 11.7. The summed E-state index contributed by atoms with van der Waals surface area (Å²) < 4.78 is 5.26. The molecule has 3 heteroatoms. The summed E-state index contributed by atoms with van der Waals surface area (Å²) in [4.78, 5) is 11.7. The molecule has 0 aliphatic heterocycles. The van der Waals surface area contributed by atoms with Gasteiger partial charge in [0.15, 0.2) is 0 Å². The molecule has 0 amide bonds. The van der Waals surface area contributed by atoms with Crippen LogP contribution in [0.4, 0.5) is 0 Å². The number of para-hydroxylation sites is 1. The van der Waals surface area contributed by atoms with Gasteiger partial charge in [0.1, 0.15) is 5.58 Å². The van der Waals surface area contributed by atoms with Crippen molar-refractivity contribution >= 4 is 11.0 Å². The zero-order valence-electron chi connectivity index (χ0n) is 8.77. The molecule has 0 bridgehead atoms. The third kappa shape index (κ3) is 1.36. The fourth-order valence-electron chi connectivity index (χ4n) is 2.39. The Kier molecular flexibility index (Phi) is 2.07. The van der Waals surface area contributed by atoms with E-state index in [1.165, 1.54) is 0 Å². The Morgan fingerprint density at radius 1 is 1.25 bits per heavy atom. The Hall–Kier alpha value is -1.61. The van der Waals surface area contributed by atoms with Crippen molar-refractivity contribution in [1.29, 1.82) is 0 Å². The van der Waals surface area contributed by atoms with Gasteiger partial charge in [-0.15, -0.1) is 0 Å². The molecule has 0 spiro atoms. The van der Waals surface area contributed by atoms with E-state index in [9.17, 15) is 9.90 Å². The number of aliphatic hydroxyl groups is 1. The lowest BCUT2D eigenvalue weighted by Crippen LogP contribution is -2.24. The summed E-state index contributed by atoms with van der Waals surface area (Å²) in [5, 5.41) is 10.6. The number of hydrogen-bond donors (Lipinski definition) is 1. The van der Waals surface area contributed by atoms with Crippen LogP contribution in [0.1, 0.15) is 17.5 Å². The molecule has 1 aromatic heterocycles. The van der Waals surface area contributed by atoms with Crippen LogP contribution >= 0.6 is 0 Å². The highest BCUT2D eigenvalue weighted by molar-refractivity contribution is 5.81. The lowest BCUT2D eigenvalue weighted by Gasteiger charge is -2.20. The first-order chi connectivity index (χ1) is 7.75. The van der Waals surface area contributed by atoms with Gasteiger partial charge < -0.3 is 9.52 Å². The van der Waals surface area contributed by atoms with Crippen molar-refractivity contribution in [3.63, 3.8) is 0 Å². The highest BCUT2D eigenvalue weighted by Crippen LogP contribution is 2.26. The molecule has 16 heavy (non-hydrogen) atoms. The summed E-state index contributed by atoms with van der Waals surface area (Å²) in [7, 11) is 0. The van der Waals surface area contributed by atoms with E-state index in [0.717, 1.165) is 16.5 Å². The first-order valence-corrected chi connectivity index (χ1v) is 5.47. The van der Waals surface area contributed by atoms with Crippen molar-refractivity contribution in [2.24, 2.45) is 0 Å². The molecule has 3 nitrogen and oxygen atoms in total. The van der Waals surface area contributed by atoms with Gasteiger partial charge in [-0.3, -0.25) is 0 Å². The van der Waals surface area contributed by atoms with Gasteiger partial charge in [-0.25, -0.2) is 4.79 Å². The molecule has 1 heterocycles. The minimum Gasteiger partial charge on any atom is -0.423 e. The van der Waals surface area contributed by atoms with Crippen LogP contribution in [-0.2, 0) is 12.8 Å². The van der Waals surface area contributed by atoms with Gasteiger partial charge in [-0.05, 0) is 30.9 Å². The maximum Gasteiger partial charge on any atom is 0.339 e. The Labute approximate surface area is 92.3 Å². The van der Waals surface area contributed by atoms with Gasteiger partial charge in [0, 0.05) is 10.9 Å². The fraction of sp³-hybridized carbons (Fsp3) is 0.308. The normalized spacial score (nSPS) is 19.7. The Bertz CT molecular complexity index is 598. The lowest BCUT2D eigenvalue weighted by molar-refractivity contribution is 0.158. The molecule has 1 aromatic carbocycles. The average molecular weight is 216 g/mol. The molecular formula is C13H12O3. The minimum atomic E-state index is -0.335. The van der Waals surface area contributed by atoms with Gasteiger partial charge in [0.2, 0.25) is 0 Å². The van der Waals surface area contributed by atoms with Gasteiger partial charge in [-0.2, -0.15) is 0 Å². The Morgan fingerprint density at radius 3 is 2.94 bits per heavy atom. The van der Waals surface area contributed by atoms with Crippen LogP contribution in [0.25, 0.3) is 11.0 Å². The van der Waals surface area contributed by atoms with Crippen LogP contribution in [0, 0.1) is 0 Å². The zero-order chi connectivity index (χ0) is 11.1. The van der Waals surface area contributed by atoms with Gasteiger partial charge in [0.25, 0.3) is 0 Å². The molecule has 1 unspecified atom stereocenters. The predicted octanol–water partition coefficient (Wildman–Crippen LogP) is 1.64. The standard InChI is InChI=1S/C13H12O3/c14-8-5-6-10-11(7-8)9-3-1-2-4-12(9)16-13(10)15/h1-4,8,14H,5-7H2. The molecule has 0 radical (unpaired) electrons. The van der Waals surface area contributed by atoms with Crippen LogP contribution in [0.3, 0.4) is 0 Å². The number of aliphatic hydroxyl groups excluding tert-OH is 1. The summed E-state index contributed by atoms with van der Waals surface area (Å²) in [6.45, 7) is 0. The van der Waals surface area contributed by atoms with Gasteiger partial charge >= 0.3 is 5.63 Å². The van der Waals surface area contributed by atoms with E-state index >= 15 is 0 Å². The second kappa shape index (κ2) is 3.46. The van der Waals surface area contributed by atoms with Crippen LogP contribution in [-0.4, -0.2) is 11.2 Å². The average Bonchev–Trinajstić information content (AvgIpc) is 2.29. The first-order valence-electron chi connectivity index (χ1n) is 5.47. The summed E-state index contributed by atoms with van der Waals surface area (Å²) in [5.74, 6) is 0. The molecule has 1 aliphatic rings. The predicted molar refractivity (Wildman–Crippen MR) is 60.5 cm³/mol. The van der Waals surface area contributed by atoms with Crippen LogP contribution in [0.15, 0.2) is 33.5 Å². The van der Waals surface area contributed by atoms with Crippen molar-refractivity contribution in [2.45, 2.75) is 25.4 Å². The monoisotopic (exact) mass is 216 g/mol. The highest BCUT2D eigenvalue weighted by atomic mass is 16.4. The van der Waals surface area contributed by atoms with Crippen molar-refractivity contribution in [3.05, 3.63) is 45.8 Å². The number of hydrogen-bond acceptors (Lipinski definition) is 3. The molecule has 3 rings (SSSR count). The third-order valence-electron chi connectivity index (χ3n) is 3.19. The maximum absolute atomic E-state index is 11.7. The molecule has 0 saturated heterocycles. The second-order valence-corrected chi connectivity index (χ2v) is 4.24. The SMILES string of the molecule is O=c1oc2ccccc2c2c1CCC(O)C2. The molecule has 2 aromatic rings. The molecule has 1 atom stereocenters. The Balaban J connectivity index is 2.38. The van der Waals surface area contributed by atoms with E-state index in [4.69, 9.17) is 4.42 Å². The Morgan fingerprint density at radius 2 is 2.06 bits per heavy atom. The highest BCUT2D eigenvalue weighted by Gasteiger charge is 2.22. The molecule has 82 valence electrons. The van der Waals surface area contributed by atoms with E-state index < -0.39 is 0 Å². The molecule has 0 saturated carbocycles. The van der Waals surface area contributed by atoms with Gasteiger partial charge in [0.05, 0.1) is 6.10 Å². The molecule has 0 fully saturated rings. The fourth-order valence-corrected chi connectivity index (χ4v) is 2.39. The smallest absolute Gasteiger partial charge is 0.339 e. The topological polar surface area (TPSA) is 50.4 Å². The van der Waals surface area contributed by atoms with Crippen molar-refractivity contribution in [3.8, 4) is 0 Å². The van der Waals surface area contributed by atoms with Crippen molar-refractivity contribution in [2.75, 3.05) is 0 Å². The van der Waals surface area contributed by atoms with E-state index in [-0.39, 0.29) is 11.7 Å². The van der Waals surface area contributed by atoms with Gasteiger partial charge in [-0.1, -0.05) is 18.2 Å². The summed E-state index contributed by atoms with van der Waals surface area (Å²) in [6, 6.07) is 7.49. The lowest BCUT2D eigenvalue weighted by atomic mass is 9.89. The summed E-state index contributed by atoms with van der Waals surface area (Å²) >= 11 is 0. The summed E-state index contributed by atoms with van der Waals surface area (Å²) in [5.41, 5.74) is 2.07. The van der Waals surface area contributed by atoms with E-state index in [1.807, 2.05) is 18.2 Å². The van der Waals surface area contributed by atoms with Crippen molar-refractivity contribution in [1.82, 2.24) is 0 Å². The molecule has 1 aliphatic carbocycles. The van der Waals surface area contributed by atoms with E-state index in [0.29, 0.717) is 24.8 Å². The second-order valence-electron chi connectivity index (χ2n) is 4.24. The minimum absolute atomic E-state index is 0.249. The van der Waals surface area contributed by atoms with Crippen molar-refractivity contribution < 1.29 is 9.52 Å². The van der Waals surface area contributed by atoms with Crippen LogP contribution in [0.5, 0.6) is 0 Å². The number of rotatable bonds is 0. The third-order valence-corrected chi connectivity index (χ3v) is 3.19. The van der Waals surface area contributed by atoms with E-state index in [2.05, 4.69) is 0 Å². The quantitative estimate of drug-likeness (QED) is 0.681. The first kappa shape index (κ1) is 9.60. The largest absolute Gasteiger partial charge is 0.423 e. The van der Waals surface area contributed by atoms with Crippen LogP contribution in [0.2, 0.25) is 0 Å². The molecular weight excluding hydrogens is 204 g/mol. The number of fused-ring (bicyclic) bond motifs is 3. The van der Waals surface area contributed by atoms with E-state index in [1.54, 1.807) is 6.07 Å². The molecule has 1 N–H and O–H groups in total. The van der Waals surface area contributed by atoms with Crippen LogP contribution < -0.4 is 5.63 Å². The number of benzene rings is 1. The summed E-state index contributed by atoms with van der Waals surface area (Å²) in [6.07, 6.45) is 1.49. The zero-order valence-corrected chi connectivity index (χ0v) is 8.77.